The number of fused-ring (bicyclic) bond motifs is 1. The fourth-order valence-electron chi connectivity index (χ4n) is 3.30. The van der Waals surface area contributed by atoms with E-state index in [9.17, 15) is 4.79 Å². The molecule has 3 nitrogen and oxygen atoms in total. The maximum absolute atomic E-state index is 12.4. The van der Waals surface area contributed by atoms with E-state index in [0.29, 0.717) is 11.8 Å². The van der Waals surface area contributed by atoms with E-state index in [-0.39, 0.29) is 11.8 Å². The first-order valence-electron chi connectivity index (χ1n) is 7.79. The molecule has 1 saturated carbocycles. The van der Waals surface area contributed by atoms with E-state index in [4.69, 9.17) is 0 Å². The van der Waals surface area contributed by atoms with Crippen molar-refractivity contribution in [3.63, 3.8) is 0 Å². The number of allylic oxidation sites excluding steroid dienone is 4. The molecule has 0 aliphatic heterocycles. The van der Waals surface area contributed by atoms with Crippen molar-refractivity contribution in [2.24, 2.45) is 17.8 Å². The minimum absolute atomic E-state index is 0.154. The zero-order valence-electron chi connectivity index (χ0n) is 12.3. The Kier molecular flexibility index (Phi) is 3.26. The molecular weight excluding hydrogens is 272 g/mol. The number of rotatable bonds is 3. The van der Waals surface area contributed by atoms with E-state index in [2.05, 4.69) is 34.6 Å². The lowest BCUT2D eigenvalue weighted by molar-refractivity contribution is -0.117. The zero-order valence-corrected chi connectivity index (χ0v) is 12.3. The molecule has 1 amide bonds. The number of hydrogen-bond acceptors (Lipinski definition) is 2. The summed E-state index contributed by atoms with van der Waals surface area (Å²) in [4.78, 5) is 16.5. The van der Waals surface area contributed by atoms with Crippen LogP contribution in [0, 0.1) is 17.8 Å². The molecule has 1 aromatic heterocycles. The molecule has 0 saturated heterocycles. The Morgan fingerprint density at radius 3 is 3.00 bits per heavy atom. The van der Waals surface area contributed by atoms with Gasteiger partial charge in [-0.05, 0) is 48.3 Å². The molecule has 22 heavy (non-hydrogen) atoms. The summed E-state index contributed by atoms with van der Waals surface area (Å²) >= 11 is 0. The fraction of sp³-hybridized carbons (Fsp3) is 0.263. The molecule has 0 radical (unpaired) electrons. The smallest absolute Gasteiger partial charge is 0.227 e. The van der Waals surface area contributed by atoms with E-state index >= 15 is 0 Å². The van der Waals surface area contributed by atoms with Gasteiger partial charge in [0.25, 0.3) is 0 Å². The first-order valence-corrected chi connectivity index (χ1v) is 7.79. The van der Waals surface area contributed by atoms with Crippen LogP contribution in [0.25, 0.3) is 10.8 Å². The third-order valence-corrected chi connectivity index (χ3v) is 4.65. The molecule has 1 aromatic carbocycles. The summed E-state index contributed by atoms with van der Waals surface area (Å²) < 4.78 is 0. The summed E-state index contributed by atoms with van der Waals surface area (Å²) in [6, 6.07) is 7.92. The standard InChI is InChI=1S/C19H18N2O/c22-19(18-11-17(18)13-4-2-1-3-5-13)21-16-7-6-15-12-20-9-8-14(15)10-16/h1-4,6-10,12-13,17-18H,5,11H2,(H,21,22)/t13?,17-,18+/m0/s1. The average Bonchev–Trinajstić information content (AvgIpc) is 3.36. The van der Waals surface area contributed by atoms with Gasteiger partial charge in [0.2, 0.25) is 5.91 Å². The highest BCUT2D eigenvalue weighted by atomic mass is 16.2. The highest BCUT2D eigenvalue weighted by Crippen LogP contribution is 2.47. The summed E-state index contributed by atoms with van der Waals surface area (Å²) in [6.45, 7) is 0. The van der Waals surface area contributed by atoms with Gasteiger partial charge in [0.15, 0.2) is 0 Å². The van der Waals surface area contributed by atoms with Gasteiger partial charge in [0.1, 0.15) is 0 Å². The molecule has 2 aliphatic carbocycles. The molecule has 0 spiro atoms. The van der Waals surface area contributed by atoms with Crippen LogP contribution in [0.15, 0.2) is 61.0 Å². The van der Waals surface area contributed by atoms with E-state index in [1.165, 1.54) is 0 Å². The Morgan fingerprint density at radius 2 is 2.14 bits per heavy atom. The van der Waals surface area contributed by atoms with Gasteiger partial charge in [-0.25, -0.2) is 0 Å². The summed E-state index contributed by atoms with van der Waals surface area (Å²) in [5, 5.41) is 5.25. The second-order valence-corrected chi connectivity index (χ2v) is 6.15. The van der Waals surface area contributed by atoms with Crippen molar-refractivity contribution < 1.29 is 4.79 Å². The highest BCUT2D eigenvalue weighted by Gasteiger charge is 2.46. The molecule has 2 aliphatic rings. The molecule has 3 heteroatoms. The molecule has 3 atom stereocenters. The number of pyridine rings is 1. The van der Waals surface area contributed by atoms with Crippen molar-refractivity contribution in [1.29, 1.82) is 0 Å². The summed E-state index contributed by atoms with van der Waals surface area (Å²) in [7, 11) is 0. The van der Waals surface area contributed by atoms with Gasteiger partial charge in [-0.3, -0.25) is 9.78 Å². The number of amides is 1. The Hall–Kier alpha value is -2.42. The number of carbonyl (C=O) groups is 1. The predicted octanol–water partition coefficient (Wildman–Crippen LogP) is 3.94. The van der Waals surface area contributed by atoms with E-state index < -0.39 is 0 Å². The third-order valence-electron chi connectivity index (χ3n) is 4.65. The molecule has 0 bridgehead atoms. The minimum atomic E-state index is 0.154. The average molecular weight is 290 g/mol. The van der Waals surface area contributed by atoms with Crippen LogP contribution >= 0.6 is 0 Å². The number of anilines is 1. The SMILES string of the molecule is O=C(Nc1ccc2cnccc2c1)[C@@H]1C[C@H]1C1C=CC=CC1. The summed E-state index contributed by atoms with van der Waals surface area (Å²) in [5.74, 6) is 1.35. The van der Waals surface area contributed by atoms with E-state index in [0.717, 1.165) is 29.3 Å². The maximum Gasteiger partial charge on any atom is 0.227 e. The number of nitrogens with zero attached hydrogens (tertiary/aromatic N) is 1. The van der Waals surface area contributed by atoms with E-state index in [1.807, 2.05) is 30.5 Å². The Labute approximate surface area is 129 Å². The van der Waals surface area contributed by atoms with E-state index in [1.54, 1.807) is 6.20 Å². The Balaban J connectivity index is 1.43. The molecule has 2 aromatic rings. The fourth-order valence-corrected chi connectivity index (χ4v) is 3.30. The molecular formula is C19H18N2O. The van der Waals surface area contributed by atoms with Gasteiger partial charge in [-0.2, -0.15) is 0 Å². The van der Waals surface area contributed by atoms with Crippen LogP contribution in [0.5, 0.6) is 0 Å². The predicted molar refractivity (Wildman–Crippen MR) is 88.4 cm³/mol. The van der Waals surface area contributed by atoms with Crippen molar-refractivity contribution in [2.45, 2.75) is 12.8 Å². The van der Waals surface area contributed by atoms with Gasteiger partial charge in [-0.15, -0.1) is 0 Å². The van der Waals surface area contributed by atoms with Crippen LogP contribution in [0.1, 0.15) is 12.8 Å². The van der Waals surface area contributed by atoms with Gasteiger partial charge >= 0.3 is 0 Å². The largest absolute Gasteiger partial charge is 0.326 e. The molecule has 4 rings (SSSR count). The molecule has 110 valence electrons. The van der Waals surface area contributed by atoms with Gasteiger partial charge in [0, 0.05) is 29.4 Å². The first kappa shape index (κ1) is 13.3. The van der Waals surface area contributed by atoms with Crippen molar-refractivity contribution in [3.8, 4) is 0 Å². The number of benzene rings is 1. The number of aromatic nitrogens is 1. The summed E-state index contributed by atoms with van der Waals surface area (Å²) in [6.07, 6.45) is 14.3. The minimum Gasteiger partial charge on any atom is -0.326 e. The van der Waals surface area contributed by atoms with Crippen LogP contribution < -0.4 is 5.32 Å². The second kappa shape index (κ2) is 5.41. The normalized spacial score (nSPS) is 26.1. The molecule has 1 N–H and O–H groups in total. The zero-order chi connectivity index (χ0) is 14.9. The lowest BCUT2D eigenvalue weighted by Crippen LogP contribution is -2.16. The lowest BCUT2D eigenvalue weighted by Gasteiger charge is -2.12. The van der Waals surface area contributed by atoms with Gasteiger partial charge < -0.3 is 5.32 Å². The number of hydrogen-bond donors (Lipinski definition) is 1. The Bertz CT molecular complexity index is 778. The van der Waals surface area contributed by atoms with Crippen LogP contribution in [0.3, 0.4) is 0 Å². The van der Waals surface area contributed by atoms with Crippen LogP contribution in [-0.4, -0.2) is 10.9 Å². The Morgan fingerprint density at radius 1 is 1.18 bits per heavy atom. The quantitative estimate of drug-likeness (QED) is 0.930. The monoisotopic (exact) mass is 290 g/mol. The van der Waals surface area contributed by atoms with Crippen LogP contribution in [-0.2, 0) is 4.79 Å². The van der Waals surface area contributed by atoms with Gasteiger partial charge in [-0.1, -0.05) is 30.4 Å². The highest BCUT2D eigenvalue weighted by molar-refractivity contribution is 5.96. The van der Waals surface area contributed by atoms with Crippen LogP contribution in [0.4, 0.5) is 5.69 Å². The summed E-state index contributed by atoms with van der Waals surface area (Å²) in [5.41, 5.74) is 0.869. The second-order valence-electron chi connectivity index (χ2n) is 6.15. The van der Waals surface area contributed by atoms with Crippen molar-refractivity contribution in [2.75, 3.05) is 5.32 Å². The topological polar surface area (TPSA) is 42.0 Å². The molecule has 1 heterocycles. The van der Waals surface area contributed by atoms with Crippen molar-refractivity contribution in [1.82, 2.24) is 4.98 Å². The maximum atomic E-state index is 12.4. The molecule has 1 fully saturated rings. The van der Waals surface area contributed by atoms with Gasteiger partial charge in [0.05, 0.1) is 0 Å². The third kappa shape index (κ3) is 2.54. The number of carbonyl (C=O) groups excluding carboxylic acids is 1. The molecule has 1 unspecified atom stereocenters. The van der Waals surface area contributed by atoms with Crippen molar-refractivity contribution >= 4 is 22.4 Å². The van der Waals surface area contributed by atoms with Crippen molar-refractivity contribution in [3.05, 3.63) is 61.0 Å². The lowest BCUT2D eigenvalue weighted by atomic mass is 9.94. The first-order chi connectivity index (χ1) is 10.8. The number of nitrogens with one attached hydrogen (secondary N) is 1. The van der Waals surface area contributed by atoms with Crippen LogP contribution in [0.2, 0.25) is 0 Å².